The molecule has 14 heavy (non-hydrogen) atoms. The average molecular weight is 197 g/mol. The molecular weight excluding hydrogens is 182 g/mol. The van der Waals surface area contributed by atoms with Crippen LogP contribution in [0.3, 0.4) is 0 Å². The van der Waals surface area contributed by atoms with Gasteiger partial charge < -0.3 is 10.0 Å². The summed E-state index contributed by atoms with van der Waals surface area (Å²) in [5, 5.41) is 8.67. The summed E-state index contributed by atoms with van der Waals surface area (Å²) in [6, 6.07) is 0. The highest BCUT2D eigenvalue weighted by Gasteiger charge is 2.49. The molecule has 1 amide bonds. The second-order valence-corrected chi connectivity index (χ2v) is 3.45. The molecule has 0 aromatic rings. The SMILES string of the molecule is C=CCN(CC)C(=O)C1CC1C(=O)O. The topological polar surface area (TPSA) is 57.6 Å². The molecular formula is C10H15NO3. The van der Waals surface area contributed by atoms with Crippen LogP contribution in [0.15, 0.2) is 12.7 Å². The maximum atomic E-state index is 11.7. The van der Waals surface area contributed by atoms with Crippen molar-refractivity contribution in [2.45, 2.75) is 13.3 Å². The van der Waals surface area contributed by atoms with Crippen LogP contribution in [0.4, 0.5) is 0 Å². The van der Waals surface area contributed by atoms with Crippen LogP contribution in [0.25, 0.3) is 0 Å². The number of amides is 1. The Morgan fingerprint density at radius 2 is 2.21 bits per heavy atom. The smallest absolute Gasteiger partial charge is 0.307 e. The van der Waals surface area contributed by atoms with Crippen molar-refractivity contribution in [2.24, 2.45) is 11.8 Å². The minimum absolute atomic E-state index is 0.0557. The van der Waals surface area contributed by atoms with Gasteiger partial charge in [0, 0.05) is 13.1 Å². The molecule has 0 heterocycles. The molecule has 0 aromatic heterocycles. The van der Waals surface area contributed by atoms with Crippen LogP contribution in [-0.2, 0) is 9.59 Å². The molecule has 78 valence electrons. The first-order valence-corrected chi connectivity index (χ1v) is 4.74. The van der Waals surface area contributed by atoms with Crippen molar-refractivity contribution in [1.29, 1.82) is 0 Å². The Labute approximate surface area is 83.2 Å². The summed E-state index contributed by atoms with van der Waals surface area (Å²) in [5.41, 5.74) is 0. The number of rotatable bonds is 5. The van der Waals surface area contributed by atoms with Crippen LogP contribution in [0, 0.1) is 11.8 Å². The molecule has 1 saturated carbocycles. The van der Waals surface area contributed by atoms with E-state index < -0.39 is 11.9 Å². The Hall–Kier alpha value is -1.32. The Morgan fingerprint density at radius 3 is 2.57 bits per heavy atom. The minimum atomic E-state index is -0.863. The highest BCUT2D eigenvalue weighted by Crippen LogP contribution is 2.39. The van der Waals surface area contributed by atoms with Gasteiger partial charge in [-0.05, 0) is 13.3 Å². The fourth-order valence-electron chi connectivity index (χ4n) is 1.51. The van der Waals surface area contributed by atoms with E-state index in [1.807, 2.05) is 6.92 Å². The summed E-state index contributed by atoms with van der Waals surface area (Å²) in [6.45, 7) is 6.53. The molecule has 1 fully saturated rings. The van der Waals surface area contributed by atoms with Crippen LogP contribution in [0.1, 0.15) is 13.3 Å². The van der Waals surface area contributed by atoms with E-state index in [9.17, 15) is 9.59 Å². The Morgan fingerprint density at radius 1 is 1.57 bits per heavy atom. The number of likely N-dealkylation sites (N-methyl/N-ethyl adjacent to an activating group) is 1. The fourth-order valence-corrected chi connectivity index (χ4v) is 1.51. The van der Waals surface area contributed by atoms with Gasteiger partial charge in [0.05, 0.1) is 11.8 Å². The predicted octanol–water partition coefficient (Wildman–Crippen LogP) is 0.742. The minimum Gasteiger partial charge on any atom is -0.481 e. The van der Waals surface area contributed by atoms with Gasteiger partial charge in [0.15, 0.2) is 0 Å². The number of hydrogen-bond acceptors (Lipinski definition) is 2. The van der Waals surface area contributed by atoms with Gasteiger partial charge in [0.2, 0.25) is 5.91 Å². The number of carbonyl (C=O) groups excluding carboxylic acids is 1. The summed E-state index contributed by atoms with van der Waals surface area (Å²) in [5.74, 6) is -1.67. The normalized spacial score (nSPS) is 24.1. The summed E-state index contributed by atoms with van der Waals surface area (Å²) < 4.78 is 0. The van der Waals surface area contributed by atoms with Crippen LogP contribution in [0.5, 0.6) is 0 Å². The third-order valence-electron chi connectivity index (χ3n) is 2.47. The summed E-state index contributed by atoms with van der Waals surface area (Å²) >= 11 is 0. The van der Waals surface area contributed by atoms with Crippen LogP contribution >= 0.6 is 0 Å². The molecule has 1 N–H and O–H groups in total. The van der Waals surface area contributed by atoms with Crippen molar-refractivity contribution in [2.75, 3.05) is 13.1 Å². The molecule has 0 saturated heterocycles. The van der Waals surface area contributed by atoms with E-state index in [0.29, 0.717) is 19.5 Å². The zero-order valence-electron chi connectivity index (χ0n) is 8.27. The van der Waals surface area contributed by atoms with E-state index in [1.165, 1.54) is 0 Å². The summed E-state index contributed by atoms with van der Waals surface area (Å²) in [4.78, 5) is 23.8. The van der Waals surface area contributed by atoms with Crippen molar-refractivity contribution in [3.63, 3.8) is 0 Å². The number of aliphatic carboxylic acids is 1. The summed E-state index contributed by atoms with van der Waals surface area (Å²) in [6.07, 6.45) is 2.14. The first-order valence-electron chi connectivity index (χ1n) is 4.74. The third kappa shape index (κ3) is 2.13. The van der Waals surface area contributed by atoms with E-state index in [0.717, 1.165) is 0 Å². The van der Waals surface area contributed by atoms with Gasteiger partial charge >= 0.3 is 5.97 Å². The molecule has 2 atom stereocenters. The molecule has 1 rings (SSSR count). The molecule has 1 aliphatic carbocycles. The molecule has 0 bridgehead atoms. The van der Waals surface area contributed by atoms with Crippen molar-refractivity contribution in [3.8, 4) is 0 Å². The van der Waals surface area contributed by atoms with Gasteiger partial charge in [-0.25, -0.2) is 0 Å². The zero-order chi connectivity index (χ0) is 10.7. The number of carboxylic acid groups (broad SMARTS) is 1. The lowest BCUT2D eigenvalue weighted by Gasteiger charge is -2.18. The fraction of sp³-hybridized carbons (Fsp3) is 0.600. The molecule has 4 heteroatoms. The van der Waals surface area contributed by atoms with Crippen molar-refractivity contribution in [1.82, 2.24) is 4.90 Å². The molecule has 1 aliphatic rings. The summed E-state index contributed by atoms with van der Waals surface area (Å²) in [7, 11) is 0. The molecule has 2 unspecified atom stereocenters. The van der Waals surface area contributed by atoms with E-state index in [2.05, 4.69) is 6.58 Å². The quantitative estimate of drug-likeness (QED) is 0.661. The maximum absolute atomic E-state index is 11.7. The van der Waals surface area contributed by atoms with Gasteiger partial charge in [-0.1, -0.05) is 6.08 Å². The zero-order valence-corrected chi connectivity index (χ0v) is 8.27. The van der Waals surface area contributed by atoms with Gasteiger partial charge in [0.25, 0.3) is 0 Å². The molecule has 0 radical (unpaired) electrons. The highest BCUT2D eigenvalue weighted by molar-refractivity contribution is 5.89. The van der Waals surface area contributed by atoms with Crippen molar-refractivity contribution >= 4 is 11.9 Å². The third-order valence-corrected chi connectivity index (χ3v) is 2.47. The first kappa shape index (κ1) is 10.8. The number of hydrogen-bond donors (Lipinski definition) is 1. The van der Waals surface area contributed by atoms with Gasteiger partial charge in [0.1, 0.15) is 0 Å². The number of carbonyl (C=O) groups is 2. The molecule has 0 aliphatic heterocycles. The maximum Gasteiger partial charge on any atom is 0.307 e. The Balaban J connectivity index is 2.49. The van der Waals surface area contributed by atoms with E-state index >= 15 is 0 Å². The monoisotopic (exact) mass is 197 g/mol. The van der Waals surface area contributed by atoms with Crippen LogP contribution in [-0.4, -0.2) is 35.0 Å². The van der Waals surface area contributed by atoms with Crippen molar-refractivity contribution in [3.05, 3.63) is 12.7 Å². The van der Waals surface area contributed by atoms with Crippen LogP contribution in [0.2, 0.25) is 0 Å². The van der Waals surface area contributed by atoms with E-state index in [1.54, 1.807) is 11.0 Å². The Bertz CT molecular complexity index is 262. The van der Waals surface area contributed by atoms with E-state index in [4.69, 9.17) is 5.11 Å². The lowest BCUT2D eigenvalue weighted by molar-refractivity contribution is -0.141. The second-order valence-electron chi connectivity index (χ2n) is 3.45. The van der Waals surface area contributed by atoms with Crippen LogP contribution < -0.4 is 0 Å². The lowest BCUT2D eigenvalue weighted by atomic mass is 10.2. The lowest BCUT2D eigenvalue weighted by Crippen LogP contribution is -2.33. The van der Waals surface area contributed by atoms with Gasteiger partial charge in [-0.2, -0.15) is 0 Å². The van der Waals surface area contributed by atoms with Gasteiger partial charge in [-0.3, -0.25) is 9.59 Å². The molecule has 0 spiro atoms. The van der Waals surface area contributed by atoms with Gasteiger partial charge in [-0.15, -0.1) is 6.58 Å². The molecule has 0 aromatic carbocycles. The van der Waals surface area contributed by atoms with E-state index in [-0.39, 0.29) is 11.8 Å². The standard InChI is InChI=1S/C10H15NO3/c1-3-5-11(4-2)9(12)7-6-8(7)10(13)14/h3,7-8H,1,4-6H2,2H3,(H,13,14). The van der Waals surface area contributed by atoms with Crippen molar-refractivity contribution < 1.29 is 14.7 Å². The number of carboxylic acids is 1. The predicted molar refractivity (Wildman–Crippen MR) is 51.7 cm³/mol. The second kappa shape index (κ2) is 4.26. The first-order chi connectivity index (χ1) is 6.61. The molecule has 4 nitrogen and oxygen atoms in total. The Kier molecular flexibility index (Phi) is 3.28. The highest BCUT2D eigenvalue weighted by atomic mass is 16.4. The average Bonchev–Trinajstić information content (AvgIpc) is 2.92. The largest absolute Gasteiger partial charge is 0.481 e. The number of nitrogens with zero attached hydrogens (tertiary/aromatic N) is 1.